The van der Waals surface area contributed by atoms with Crippen LogP contribution in [0.5, 0.6) is 0 Å². The average molecular weight is 630 g/mol. The maximum Gasteiger partial charge on any atom is 0.160 e. The number of para-hydroxylation sites is 2. The number of benzene rings is 6. The summed E-state index contributed by atoms with van der Waals surface area (Å²) in [6, 6.07) is 50.6. The Bertz CT molecular complexity index is 2660. The fourth-order valence-electron chi connectivity index (χ4n) is 8.82. The van der Waals surface area contributed by atoms with E-state index in [4.69, 9.17) is 9.97 Å². The van der Waals surface area contributed by atoms with Crippen molar-refractivity contribution in [2.45, 2.75) is 38.5 Å². The Morgan fingerprint density at radius 2 is 1.04 bits per heavy atom. The summed E-state index contributed by atoms with van der Waals surface area (Å²) in [5.41, 5.74) is 16.4. The molecule has 2 aromatic heterocycles. The van der Waals surface area contributed by atoms with Crippen LogP contribution in [0, 0.1) is 0 Å². The summed E-state index contributed by atoms with van der Waals surface area (Å²) >= 11 is 0. The Morgan fingerprint density at radius 3 is 1.82 bits per heavy atom. The third-order valence-corrected chi connectivity index (χ3v) is 11.2. The standard InChI is InChI=1S/C46H35N3/c1-45(2)35-22-12-8-18-29(35)33-27-40-34(26-37(33)45)30-19-10-14-24-38(30)49(40)39-25-15-11-21-32(39)43-41-42(31-20-9-13-23-36(31)46(41,3)4)47-44(48-43)28-16-6-5-7-17-28/h5-27H,1-4H3. The minimum absolute atomic E-state index is 0.0723. The topological polar surface area (TPSA) is 30.7 Å². The zero-order chi connectivity index (χ0) is 33.1. The first kappa shape index (κ1) is 28.2. The number of rotatable bonds is 3. The molecule has 0 aliphatic heterocycles. The predicted octanol–water partition coefficient (Wildman–Crippen LogP) is 11.5. The van der Waals surface area contributed by atoms with Crippen LogP contribution >= 0.6 is 0 Å². The molecule has 2 aliphatic rings. The van der Waals surface area contributed by atoms with E-state index in [0.29, 0.717) is 0 Å². The number of nitrogens with zero attached hydrogens (tertiary/aromatic N) is 3. The SMILES string of the molecule is CC1(C)c2ccccc2-c2cc3c(cc21)c1ccccc1n3-c1ccccc1-c1nc(-c2ccccc2)nc2c1C(C)(C)c1ccccc1-2. The van der Waals surface area contributed by atoms with Gasteiger partial charge in [0, 0.05) is 43.9 Å². The maximum absolute atomic E-state index is 5.48. The van der Waals surface area contributed by atoms with Gasteiger partial charge >= 0.3 is 0 Å². The predicted molar refractivity (Wildman–Crippen MR) is 202 cm³/mol. The second-order valence-electron chi connectivity index (χ2n) is 14.6. The number of fused-ring (bicyclic) bond motifs is 9. The Hall–Kier alpha value is -5.80. The second kappa shape index (κ2) is 9.87. The second-order valence-corrected chi connectivity index (χ2v) is 14.6. The minimum atomic E-state index is -0.277. The molecule has 3 heteroatoms. The van der Waals surface area contributed by atoms with Crippen LogP contribution in [0.1, 0.15) is 49.9 Å². The van der Waals surface area contributed by atoms with Crippen molar-refractivity contribution >= 4 is 21.8 Å². The smallest absolute Gasteiger partial charge is 0.160 e. The van der Waals surface area contributed by atoms with Gasteiger partial charge in [0.05, 0.1) is 28.1 Å². The summed E-state index contributed by atoms with van der Waals surface area (Å²) in [6.07, 6.45) is 0. The fourth-order valence-corrected chi connectivity index (χ4v) is 8.82. The highest BCUT2D eigenvalue weighted by Gasteiger charge is 2.41. The third kappa shape index (κ3) is 3.79. The molecule has 0 saturated heterocycles. The average Bonchev–Trinajstić information content (AvgIpc) is 3.67. The van der Waals surface area contributed by atoms with E-state index in [9.17, 15) is 0 Å². The summed E-state index contributed by atoms with van der Waals surface area (Å²) in [4.78, 5) is 10.8. The van der Waals surface area contributed by atoms with Crippen molar-refractivity contribution in [2.24, 2.45) is 0 Å². The highest BCUT2D eigenvalue weighted by atomic mass is 15.0. The molecule has 0 amide bonds. The van der Waals surface area contributed by atoms with Crippen molar-refractivity contribution in [3.05, 3.63) is 162 Å². The molecule has 49 heavy (non-hydrogen) atoms. The van der Waals surface area contributed by atoms with Crippen LogP contribution in [0.25, 0.3) is 72.5 Å². The highest BCUT2D eigenvalue weighted by molar-refractivity contribution is 6.12. The molecule has 3 nitrogen and oxygen atoms in total. The van der Waals surface area contributed by atoms with Crippen molar-refractivity contribution in [1.82, 2.24) is 14.5 Å². The van der Waals surface area contributed by atoms with Crippen LogP contribution in [0.2, 0.25) is 0 Å². The van der Waals surface area contributed by atoms with Gasteiger partial charge in [-0.3, -0.25) is 0 Å². The Morgan fingerprint density at radius 1 is 0.449 bits per heavy atom. The van der Waals surface area contributed by atoms with E-state index in [2.05, 4.69) is 166 Å². The summed E-state index contributed by atoms with van der Waals surface area (Å²) in [7, 11) is 0. The van der Waals surface area contributed by atoms with Gasteiger partial charge in [-0.1, -0.05) is 143 Å². The van der Waals surface area contributed by atoms with E-state index >= 15 is 0 Å². The summed E-state index contributed by atoms with van der Waals surface area (Å²) in [5, 5.41) is 2.53. The van der Waals surface area contributed by atoms with E-state index in [1.807, 2.05) is 6.07 Å². The lowest BCUT2D eigenvalue weighted by Crippen LogP contribution is -2.18. The summed E-state index contributed by atoms with van der Waals surface area (Å²) in [6.45, 7) is 9.35. The van der Waals surface area contributed by atoms with Gasteiger partial charge in [0.25, 0.3) is 0 Å². The molecule has 0 spiro atoms. The molecular weight excluding hydrogens is 595 g/mol. The zero-order valence-corrected chi connectivity index (χ0v) is 28.1. The van der Waals surface area contributed by atoms with Crippen molar-refractivity contribution in [2.75, 3.05) is 0 Å². The molecule has 8 aromatic rings. The van der Waals surface area contributed by atoms with Crippen LogP contribution in [-0.2, 0) is 10.8 Å². The molecule has 0 unspecified atom stereocenters. The Balaban J connectivity index is 1.31. The van der Waals surface area contributed by atoms with Crippen LogP contribution in [0.15, 0.2) is 140 Å². The van der Waals surface area contributed by atoms with Gasteiger partial charge in [0.15, 0.2) is 5.82 Å². The Kier molecular flexibility index (Phi) is 5.69. The minimum Gasteiger partial charge on any atom is -0.309 e. The van der Waals surface area contributed by atoms with E-state index in [-0.39, 0.29) is 10.8 Å². The van der Waals surface area contributed by atoms with Crippen LogP contribution in [0.4, 0.5) is 0 Å². The van der Waals surface area contributed by atoms with Crippen molar-refractivity contribution in [3.63, 3.8) is 0 Å². The van der Waals surface area contributed by atoms with E-state index in [1.54, 1.807) is 0 Å². The van der Waals surface area contributed by atoms with Gasteiger partial charge in [0.2, 0.25) is 0 Å². The first-order chi connectivity index (χ1) is 23.8. The van der Waals surface area contributed by atoms with Crippen LogP contribution in [-0.4, -0.2) is 14.5 Å². The molecule has 0 N–H and O–H groups in total. The van der Waals surface area contributed by atoms with E-state index in [1.165, 1.54) is 60.8 Å². The first-order valence-corrected chi connectivity index (χ1v) is 17.2. The molecule has 2 aliphatic carbocycles. The van der Waals surface area contributed by atoms with E-state index in [0.717, 1.165) is 34.0 Å². The molecule has 0 atom stereocenters. The number of hydrogen-bond acceptors (Lipinski definition) is 2. The molecule has 2 heterocycles. The molecular formula is C46H35N3. The molecule has 6 aromatic carbocycles. The number of aromatic nitrogens is 3. The lowest BCUT2D eigenvalue weighted by atomic mass is 9.80. The van der Waals surface area contributed by atoms with Crippen molar-refractivity contribution in [3.8, 4) is 50.7 Å². The summed E-state index contributed by atoms with van der Waals surface area (Å²) < 4.78 is 2.47. The largest absolute Gasteiger partial charge is 0.309 e. The molecule has 0 bridgehead atoms. The van der Waals surface area contributed by atoms with Crippen LogP contribution < -0.4 is 0 Å². The maximum atomic E-state index is 5.48. The highest BCUT2D eigenvalue weighted by Crippen LogP contribution is 2.53. The van der Waals surface area contributed by atoms with Gasteiger partial charge in [0.1, 0.15) is 0 Å². The molecule has 0 radical (unpaired) electrons. The first-order valence-electron chi connectivity index (χ1n) is 17.2. The van der Waals surface area contributed by atoms with Gasteiger partial charge in [-0.05, 0) is 52.1 Å². The fraction of sp³-hybridized carbons (Fsp3) is 0.130. The van der Waals surface area contributed by atoms with E-state index < -0.39 is 0 Å². The normalized spacial score (nSPS) is 14.9. The van der Waals surface area contributed by atoms with Gasteiger partial charge < -0.3 is 4.57 Å². The zero-order valence-electron chi connectivity index (χ0n) is 28.1. The monoisotopic (exact) mass is 629 g/mol. The molecule has 0 fully saturated rings. The Labute approximate surface area is 286 Å². The van der Waals surface area contributed by atoms with Gasteiger partial charge in [-0.2, -0.15) is 0 Å². The molecule has 0 saturated carbocycles. The third-order valence-electron chi connectivity index (χ3n) is 11.2. The van der Waals surface area contributed by atoms with Crippen molar-refractivity contribution in [1.29, 1.82) is 0 Å². The van der Waals surface area contributed by atoms with Crippen LogP contribution in [0.3, 0.4) is 0 Å². The molecule has 234 valence electrons. The quantitative estimate of drug-likeness (QED) is 0.195. The van der Waals surface area contributed by atoms with Gasteiger partial charge in [-0.25, -0.2) is 9.97 Å². The number of hydrogen-bond donors (Lipinski definition) is 0. The lowest BCUT2D eigenvalue weighted by Gasteiger charge is -2.25. The summed E-state index contributed by atoms with van der Waals surface area (Å²) in [5.74, 6) is 0.746. The van der Waals surface area contributed by atoms with Gasteiger partial charge in [-0.15, -0.1) is 0 Å². The molecule has 10 rings (SSSR count). The van der Waals surface area contributed by atoms with Crippen molar-refractivity contribution < 1.29 is 0 Å². The lowest BCUT2D eigenvalue weighted by molar-refractivity contribution is 0.658.